The summed E-state index contributed by atoms with van der Waals surface area (Å²) >= 11 is 0. The van der Waals surface area contributed by atoms with E-state index < -0.39 is 6.61 Å². The molecule has 1 saturated heterocycles. The molecule has 0 saturated carbocycles. The molecule has 7 heteroatoms. The first-order valence-electron chi connectivity index (χ1n) is 6.16. The quantitative estimate of drug-likeness (QED) is 0.901. The molecule has 1 N–H and O–H groups in total. The van der Waals surface area contributed by atoms with Crippen molar-refractivity contribution >= 4 is 5.91 Å². The number of aliphatic hydroxyl groups is 1. The second-order valence-corrected chi connectivity index (χ2v) is 4.31. The summed E-state index contributed by atoms with van der Waals surface area (Å²) < 4.78 is 33.5. The maximum Gasteiger partial charge on any atom is 0.387 e. The Labute approximate surface area is 114 Å². The van der Waals surface area contributed by atoms with Crippen molar-refractivity contribution in [2.24, 2.45) is 0 Å². The van der Waals surface area contributed by atoms with Crippen molar-refractivity contribution in [1.82, 2.24) is 4.90 Å². The highest BCUT2D eigenvalue weighted by Crippen LogP contribution is 2.17. The van der Waals surface area contributed by atoms with Gasteiger partial charge < -0.3 is 19.5 Å². The lowest BCUT2D eigenvalue weighted by Gasteiger charge is -2.34. The van der Waals surface area contributed by atoms with Gasteiger partial charge in [0.15, 0.2) is 0 Å². The topological polar surface area (TPSA) is 59.0 Å². The number of hydrogen-bond acceptors (Lipinski definition) is 4. The molecule has 0 bridgehead atoms. The zero-order valence-electron chi connectivity index (χ0n) is 10.7. The Bertz CT molecular complexity index is 452. The summed E-state index contributed by atoms with van der Waals surface area (Å²) in [5.41, 5.74) is 0.354. The highest BCUT2D eigenvalue weighted by Gasteiger charge is 2.27. The molecular formula is C13H15F2NO4. The summed E-state index contributed by atoms with van der Waals surface area (Å²) in [7, 11) is 0. The van der Waals surface area contributed by atoms with Crippen LogP contribution in [-0.2, 0) is 4.74 Å². The molecule has 20 heavy (non-hydrogen) atoms. The molecule has 0 aliphatic carbocycles. The van der Waals surface area contributed by atoms with Crippen LogP contribution in [0.2, 0.25) is 0 Å². The van der Waals surface area contributed by atoms with Gasteiger partial charge in [0.2, 0.25) is 0 Å². The van der Waals surface area contributed by atoms with Gasteiger partial charge in [-0.2, -0.15) is 8.78 Å². The van der Waals surface area contributed by atoms with Crippen LogP contribution >= 0.6 is 0 Å². The molecule has 1 heterocycles. The molecule has 0 aromatic heterocycles. The fraction of sp³-hybridized carbons (Fsp3) is 0.462. The van der Waals surface area contributed by atoms with E-state index in [2.05, 4.69) is 4.74 Å². The molecular weight excluding hydrogens is 272 g/mol. The zero-order valence-corrected chi connectivity index (χ0v) is 10.7. The standard InChI is InChI=1S/C13H15F2NO4/c14-13(15)20-11-3-1-9(2-4-11)12(18)16-5-6-19-8-10(16)7-17/h1-4,10,13,17H,5-8H2. The highest BCUT2D eigenvalue weighted by atomic mass is 19.3. The Morgan fingerprint density at radius 2 is 2.15 bits per heavy atom. The smallest absolute Gasteiger partial charge is 0.387 e. The minimum Gasteiger partial charge on any atom is -0.435 e. The lowest BCUT2D eigenvalue weighted by atomic mass is 10.1. The molecule has 1 atom stereocenters. The van der Waals surface area contributed by atoms with E-state index in [1.165, 1.54) is 29.2 Å². The van der Waals surface area contributed by atoms with Crippen LogP contribution in [-0.4, -0.2) is 54.9 Å². The lowest BCUT2D eigenvalue weighted by Crippen LogP contribution is -2.50. The van der Waals surface area contributed by atoms with E-state index in [-0.39, 0.29) is 30.9 Å². The van der Waals surface area contributed by atoms with Crippen LogP contribution in [0.5, 0.6) is 5.75 Å². The zero-order chi connectivity index (χ0) is 14.5. The summed E-state index contributed by atoms with van der Waals surface area (Å²) in [5.74, 6) is -0.270. The third-order valence-electron chi connectivity index (χ3n) is 3.03. The largest absolute Gasteiger partial charge is 0.435 e. The highest BCUT2D eigenvalue weighted by molar-refractivity contribution is 5.94. The first-order chi connectivity index (χ1) is 9.61. The summed E-state index contributed by atoms with van der Waals surface area (Å²) in [4.78, 5) is 13.8. The second kappa shape index (κ2) is 6.62. The predicted octanol–water partition coefficient (Wildman–Crippen LogP) is 1.12. The van der Waals surface area contributed by atoms with Crippen LogP contribution in [0.4, 0.5) is 8.78 Å². The molecule has 1 fully saturated rings. The van der Waals surface area contributed by atoms with Gasteiger partial charge in [-0.3, -0.25) is 4.79 Å². The van der Waals surface area contributed by atoms with Gasteiger partial charge in [0.1, 0.15) is 5.75 Å². The van der Waals surface area contributed by atoms with E-state index in [1.54, 1.807) is 0 Å². The van der Waals surface area contributed by atoms with E-state index in [0.717, 1.165) is 0 Å². The number of amides is 1. The van der Waals surface area contributed by atoms with Gasteiger partial charge in [-0.25, -0.2) is 0 Å². The van der Waals surface area contributed by atoms with Crippen molar-refractivity contribution in [1.29, 1.82) is 0 Å². The van der Waals surface area contributed by atoms with Crippen LogP contribution in [0.15, 0.2) is 24.3 Å². The normalized spacial score (nSPS) is 19.2. The van der Waals surface area contributed by atoms with Gasteiger partial charge in [0.25, 0.3) is 5.91 Å². The number of morpholine rings is 1. The minimum atomic E-state index is -2.89. The molecule has 2 rings (SSSR count). The summed E-state index contributed by atoms with van der Waals surface area (Å²) in [5, 5.41) is 9.22. The van der Waals surface area contributed by atoms with Crippen molar-refractivity contribution < 1.29 is 28.2 Å². The molecule has 1 aromatic rings. The summed E-state index contributed by atoms with van der Waals surface area (Å²) in [6.07, 6.45) is 0. The lowest BCUT2D eigenvalue weighted by molar-refractivity contribution is -0.0498. The molecule has 0 spiro atoms. The molecule has 1 unspecified atom stereocenters. The number of carbonyl (C=O) groups excluding carboxylic acids is 1. The second-order valence-electron chi connectivity index (χ2n) is 4.31. The SMILES string of the molecule is O=C(c1ccc(OC(F)F)cc1)N1CCOCC1CO. The Kier molecular flexibility index (Phi) is 4.86. The van der Waals surface area contributed by atoms with E-state index in [0.29, 0.717) is 18.7 Å². The monoisotopic (exact) mass is 287 g/mol. The Balaban J connectivity index is 2.08. The van der Waals surface area contributed by atoms with Crippen molar-refractivity contribution in [2.45, 2.75) is 12.7 Å². The van der Waals surface area contributed by atoms with E-state index in [4.69, 9.17) is 4.74 Å². The number of aliphatic hydroxyl groups excluding tert-OH is 1. The first-order valence-corrected chi connectivity index (χ1v) is 6.16. The van der Waals surface area contributed by atoms with Gasteiger partial charge in [-0.1, -0.05) is 0 Å². The van der Waals surface area contributed by atoms with Gasteiger partial charge in [-0.05, 0) is 24.3 Å². The molecule has 0 radical (unpaired) electrons. The number of halogens is 2. The van der Waals surface area contributed by atoms with Crippen LogP contribution in [0.25, 0.3) is 0 Å². The van der Waals surface area contributed by atoms with E-state index >= 15 is 0 Å². The average molecular weight is 287 g/mol. The Morgan fingerprint density at radius 1 is 1.45 bits per heavy atom. The van der Waals surface area contributed by atoms with Crippen molar-refractivity contribution in [3.63, 3.8) is 0 Å². The van der Waals surface area contributed by atoms with Gasteiger partial charge >= 0.3 is 6.61 Å². The fourth-order valence-electron chi connectivity index (χ4n) is 2.02. The number of hydrogen-bond donors (Lipinski definition) is 1. The number of carbonyl (C=O) groups is 1. The number of rotatable bonds is 4. The maximum atomic E-state index is 12.3. The van der Waals surface area contributed by atoms with Crippen molar-refractivity contribution in [3.8, 4) is 5.75 Å². The molecule has 5 nitrogen and oxygen atoms in total. The van der Waals surface area contributed by atoms with Crippen LogP contribution < -0.4 is 4.74 Å². The molecule has 1 amide bonds. The van der Waals surface area contributed by atoms with Gasteiger partial charge in [0, 0.05) is 12.1 Å². The molecule has 1 aliphatic rings. The average Bonchev–Trinajstić information content (AvgIpc) is 2.46. The van der Waals surface area contributed by atoms with Gasteiger partial charge in [-0.15, -0.1) is 0 Å². The Hall–Kier alpha value is -1.73. The third kappa shape index (κ3) is 3.43. The Morgan fingerprint density at radius 3 is 2.75 bits per heavy atom. The summed E-state index contributed by atoms with van der Waals surface area (Å²) in [6.45, 7) is -1.99. The maximum absolute atomic E-state index is 12.3. The van der Waals surface area contributed by atoms with Gasteiger partial charge in [0.05, 0.1) is 25.9 Å². The van der Waals surface area contributed by atoms with Crippen LogP contribution in [0.1, 0.15) is 10.4 Å². The molecule has 110 valence electrons. The first kappa shape index (κ1) is 14.7. The number of nitrogens with zero attached hydrogens (tertiary/aromatic N) is 1. The fourth-order valence-corrected chi connectivity index (χ4v) is 2.02. The van der Waals surface area contributed by atoms with Crippen molar-refractivity contribution in [3.05, 3.63) is 29.8 Å². The third-order valence-corrected chi connectivity index (χ3v) is 3.03. The predicted molar refractivity (Wildman–Crippen MR) is 65.8 cm³/mol. The van der Waals surface area contributed by atoms with E-state index in [1.807, 2.05) is 0 Å². The van der Waals surface area contributed by atoms with E-state index in [9.17, 15) is 18.7 Å². The number of benzene rings is 1. The van der Waals surface area contributed by atoms with Crippen molar-refractivity contribution in [2.75, 3.05) is 26.4 Å². The van der Waals surface area contributed by atoms with Crippen LogP contribution in [0.3, 0.4) is 0 Å². The molecule has 1 aromatic carbocycles. The minimum absolute atomic E-state index is 0.00256. The number of ether oxygens (including phenoxy) is 2. The molecule has 1 aliphatic heterocycles. The number of alkyl halides is 2. The summed E-state index contributed by atoms with van der Waals surface area (Å²) in [6, 6.07) is 5.09. The van der Waals surface area contributed by atoms with Crippen LogP contribution in [0, 0.1) is 0 Å².